The molecule has 9 heteroatoms. The predicted octanol–water partition coefficient (Wildman–Crippen LogP) is 2.57. The van der Waals surface area contributed by atoms with Crippen molar-refractivity contribution in [3.63, 3.8) is 0 Å². The maximum Gasteiger partial charge on any atom is 0.257 e. The van der Waals surface area contributed by atoms with Gasteiger partial charge in [-0.2, -0.15) is 5.10 Å². The Kier molecular flexibility index (Phi) is 4.58. The minimum absolute atomic E-state index is 0.200. The van der Waals surface area contributed by atoms with Crippen molar-refractivity contribution < 1.29 is 4.79 Å². The van der Waals surface area contributed by atoms with Crippen LogP contribution in [0, 0.1) is 0 Å². The molecule has 2 saturated heterocycles. The standard InChI is InChI=1S/C24H24N8O/c1-30-13-20-8-19(30)14-32(20)23-7-15(3-4-25-23)24(33)29-22-6-16-5-21(18-11-28-31(2)12-18)26-9-17(16)10-27-22/h3-7,9-12,19-20H,8,13-14H2,1-2H3,(H,27,29,33). The number of carbonyl (C=O) groups is 1. The van der Waals surface area contributed by atoms with Gasteiger partial charge in [0.05, 0.1) is 11.9 Å². The van der Waals surface area contributed by atoms with Crippen LogP contribution in [-0.2, 0) is 7.05 Å². The fourth-order valence-electron chi connectivity index (χ4n) is 4.87. The number of nitrogens with one attached hydrogen (secondary N) is 1. The van der Waals surface area contributed by atoms with Gasteiger partial charge < -0.3 is 10.2 Å². The Morgan fingerprint density at radius 2 is 1.88 bits per heavy atom. The fraction of sp³-hybridized carbons (Fsp3) is 0.292. The van der Waals surface area contributed by atoms with E-state index in [1.165, 1.54) is 0 Å². The van der Waals surface area contributed by atoms with Crippen LogP contribution in [0.3, 0.4) is 0 Å². The molecule has 2 unspecified atom stereocenters. The second-order valence-corrected chi connectivity index (χ2v) is 8.88. The van der Waals surface area contributed by atoms with Gasteiger partial charge in [0.1, 0.15) is 11.6 Å². The van der Waals surface area contributed by atoms with Crippen LogP contribution in [0.1, 0.15) is 16.8 Å². The van der Waals surface area contributed by atoms with E-state index in [-0.39, 0.29) is 5.91 Å². The number of aryl methyl sites for hydroxylation is 1. The SMILES string of the molecule is CN1CC2CC1CN2c1cc(C(=O)Nc2cc3cc(-c4cnn(C)c4)ncc3cn2)ccn1. The lowest BCUT2D eigenvalue weighted by Crippen LogP contribution is -2.44. The van der Waals surface area contributed by atoms with Crippen LogP contribution in [0.2, 0.25) is 0 Å². The van der Waals surface area contributed by atoms with Crippen molar-refractivity contribution in [2.75, 3.05) is 30.4 Å². The third kappa shape index (κ3) is 3.60. The van der Waals surface area contributed by atoms with Crippen molar-refractivity contribution in [2.24, 2.45) is 7.05 Å². The van der Waals surface area contributed by atoms with Crippen molar-refractivity contribution >= 4 is 28.3 Å². The zero-order chi connectivity index (χ0) is 22.5. The average molecular weight is 441 g/mol. The smallest absolute Gasteiger partial charge is 0.257 e. The van der Waals surface area contributed by atoms with Gasteiger partial charge in [-0.1, -0.05) is 0 Å². The van der Waals surface area contributed by atoms with Gasteiger partial charge in [-0.3, -0.25) is 19.4 Å². The highest BCUT2D eigenvalue weighted by Crippen LogP contribution is 2.33. The first kappa shape index (κ1) is 19.8. The molecule has 33 heavy (non-hydrogen) atoms. The van der Waals surface area contributed by atoms with E-state index in [2.05, 4.69) is 42.2 Å². The largest absolute Gasteiger partial charge is 0.351 e. The van der Waals surface area contributed by atoms with Crippen LogP contribution in [0.5, 0.6) is 0 Å². The Morgan fingerprint density at radius 3 is 2.64 bits per heavy atom. The molecule has 2 atom stereocenters. The predicted molar refractivity (Wildman–Crippen MR) is 126 cm³/mol. The summed E-state index contributed by atoms with van der Waals surface area (Å²) in [5.41, 5.74) is 2.33. The molecule has 0 saturated carbocycles. The molecule has 4 aromatic heterocycles. The molecule has 6 heterocycles. The summed E-state index contributed by atoms with van der Waals surface area (Å²) >= 11 is 0. The molecule has 2 aliphatic heterocycles. The molecular formula is C24H24N8O. The molecule has 6 rings (SSSR count). The minimum Gasteiger partial charge on any atom is -0.351 e. The maximum atomic E-state index is 13.0. The van der Waals surface area contributed by atoms with Gasteiger partial charge >= 0.3 is 0 Å². The third-order valence-corrected chi connectivity index (χ3v) is 6.66. The molecule has 0 aliphatic carbocycles. The monoisotopic (exact) mass is 440 g/mol. The topological polar surface area (TPSA) is 92.1 Å². The number of hydrogen-bond acceptors (Lipinski definition) is 7. The van der Waals surface area contributed by atoms with Crippen molar-refractivity contribution in [3.8, 4) is 11.3 Å². The van der Waals surface area contributed by atoms with Crippen LogP contribution < -0.4 is 10.2 Å². The molecule has 2 bridgehead atoms. The van der Waals surface area contributed by atoms with E-state index in [1.807, 2.05) is 31.4 Å². The van der Waals surface area contributed by atoms with Crippen LogP contribution in [0.15, 0.2) is 55.2 Å². The van der Waals surface area contributed by atoms with Gasteiger partial charge in [-0.25, -0.2) is 9.97 Å². The normalized spacial score (nSPS) is 20.0. The van der Waals surface area contributed by atoms with Gasteiger partial charge in [0.15, 0.2) is 0 Å². The van der Waals surface area contributed by atoms with Crippen molar-refractivity contribution in [3.05, 3.63) is 60.8 Å². The summed E-state index contributed by atoms with van der Waals surface area (Å²) in [4.78, 5) is 31.1. The summed E-state index contributed by atoms with van der Waals surface area (Å²) in [6.45, 7) is 2.00. The highest BCUT2D eigenvalue weighted by atomic mass is 16.1. The summed E-state index contributed by atoms with van der Waals surface area (Å²) in [6.07, 6.45) is 10.1. The van der Waals surface area contributed by atoms with Crippen LogP contribution in [0.4, 0.5) is 11.6 Å². The molecule has 2 fully saturated rings. The molecule has 9 nitrogen and oxygen atoms in total. The molecule has 0 aromatic carbocycles. The average Bonchev–Trinajstić information content (AvgIpc) is 3.54. The Hall–Kier alpha value is -3.85. The van der Waals surface area contributed by atoms with Crippen molar-refractivity contribution in [1.82, 2.24) is 29.6 Å². The molecule has 0 spiro atoms. The summed E-state index contributed by atoms with van der Waals surface area (Å²) < 4.78 is 1.74. The first-order valence-electron chi connectivity index (χ1n) is 11.0. The molecule has 4 aromatic rings. The summed E-state index contributed by atoms with van der Waals surface area (Å²) in [5.74, 6) is 1.16. The Labute approximate surface area is 191 Å². The number of fused-ring (bicyclic) bond motifs is 3. The van der Waals surface area contributed by atoms with Gasteiger partial charge in [-0.05, 0) is 43.1 Å². The summed E-state index contributed by atoms with van der Waals surface area (Å²) in [7, 11) is 4.05. The number of carbonyl (C=O) groups excluding carboxylic acids is 1. The Morgan fingerprint density at radius 1 is 1.00 bits per heavy atom. The van der Waals surface area contributed by atoms with Gasteiger partial charge in [0.2, 0.25) is 0 Å². The minimum atomic E-state index is -0.200. The maximum absolute atomic E-state index is 13.0. The van der Waals surface area contributed by atoms with Gasteiger partial charge in [-0.15, -0.1) is 0 Å². The Bertz CT molecular complexity index is 1360. The van der Waals surface area contributed by atoms with Crippen LogP contribution in [-0.4, -0.2) is 67.8 Å². The van der Waals surface area contributed by atoms with Crippen molar-refractivity contribution in [1.29, 1.82) is 0 Å². The number of piperazine rings is 1. The Balaban J connectivity index is 1.23. The fourth-order valence-corrected chi connectivity index (χ4v) is 4.87. The number of anilines is 2. The van der Waals surface area contributed by atoms with E-state index in [9.17, 15) is 4.79 Å². The number of likely N-dealkylation sites (N-methyl/N-ethyl adjacent to an activating group) is 1. The zero-order valence-corrected chi connectivity index (χ0v) is 18.5. The second-order valence-electron chi connectivity index (χ2n) is 8.88. The molecule has 166 valence electrons. The van der Waals surface area contributed by atoms with Crippen molar-refractivity contribution in [2.45, 2.75) is 18.5 Å². The highest BCUT2D eigenvalue weighted by Gasteiger charge is 2.41. The van der Waals surface area contributed by atoms with E-state index in [1.54, 1.807) is 35.5 Å². The number of aromatic nitrogens is 5. The number of nitrogens with zero attached hydrogens (tertiary/aromatic N) is 7. The second kappa shape index (κ2) is 7.63. The molecule has 1 amide bonds. The number of pyridine rings is 3. The van der Waals surface area contributed by atoms with Crippen LogP contribution in [0.25, 0.3) is 22.0 Å². The quantitative estimate of drug-likeness (QED) is 0.521. The summed E-state index contributed by atoms with van der Waals surface area (Å²) in [6, 6.07) is 8.50. The highest BCUT2D eigenvalue weighted by molar-refractivity contribution is 6.05. The van der Waals surface area contributed by atoms with E-state index in [0.29, 0.717) is 23.5 Å². The van der Waals surface area contributed by atoms with E-state index >= 15 is 0 Å². The first-order chi connectivity index (χ1) is 16.0. The number of rotatable bonds is 4. The summed E-state index contributed by atoms with van der Waals surface area (Å²) in [5, 5.41) is 8.99. The molecule has 2 aliphatic rings. The molecule has 0 radical (unpaired) electrons. The lowest BCUT2D eigenvalue weighted by atomic mass is 10.1. The first-order valence-corrected chi connectivity index (χ1v) is 11.0. The van der Waals surface area contributed by atoms with Gasteiger partial charge in [0.25, 0.3) is 5.91 Å². The van der Waals surface area contributed by atoms with E-state index in [4.69, 9.17) is 0 Å². The third-order valence-electron chi connectivity index (χ3n) is 6.66. The molecule has 1 N–H and O–H groups in total. The molecular weight excluding hydrogens is 416 g/mol. The lowest BCUT2D eigenvalue weighted by Gasteiger charge is -2.32. The lowest BCUT2D eigenvalue weighted by molar-refractivity contribution is 0.102. The number of hydrogen-bond donors (Lipinski definition) is 1. The number of amides is 1. The van der Waals surface area contributed by atoms with Gasteiger partial charge in [0, 0.05) is 73.5 Å². The van der Waals surface area contributed by atoms with E-state index < -0.39 is 0 Å². The number of likely N-dealkylation sites (tertiary alicyclic amines) is 1. The van der Waals surface area contributed by atoms with E-state index in [0.717, 1.165) is 47.4 Å². The van der Waals surface area contributed by atoms with Crippen LogP contribution >= 0.6 is 0 Å². The zero-order valence-electron chi connectivity index (χ0n) is 18.5.